The highest BCUT2D eigenvalue weighted by Gasteiger charge is 2.48. The molecule has 0 spiro atoms. The first-order chi connectivity index (χ1) is 13.5. The van der Waals surface area contributed by atoms with Crippen molar-refractivity contribution in [3.8, 4) is 0 Å². The van der Waals surface area contributed by atoms with Gasteiger partial charge in [-0.05, 0) is 80.4 Å². The van der Waals surface area contributed by atoms with Gasteiger partial charge in [0.05, 0.1) is 11.1 Å². The number of imide groups is 1. The van der Waals surface area contributed by atoms with Crippen LogP contribution in [0.25, 0.3) is 0 Å². The molecule has 4 fully saturated rings. The third-order valence-corrected chi connectivity index (χ3v) is 7.49. The third-order valence-electron chi connectivity index (χ3n) is 7.49. The number of nitrogens with one attached hydrogen (secondary N) is 1. The lowest BCUT2D eigenvalue weighted by Crippen LogP contribution is -2.55. The van der Waals surface area contributed by atoms with E-state index in [2.05, 4.69) is 5.32 Å². The van der Waals surface area contributed by atoms with Crippen LogP contribution in [0.3, 0.4) is 0 Å². The fraction of sp³-hybridized carbons (Fsp3) is 0.609. The average molecular weight is 380 g/mol. The number of hydrogen-bond donors (Lipinski definition) is 1. The van der Waals surface area contributed by atoms with Crippen LogP contribution in [0, 0.1) is 23.7 Å². The van der Waals surface area contributed by atoms with Crippen LogP contribution in [0.5, 0.6) is 0 Å². The van der Waals surface area contributed by atoms with Gasteiger partial charge in [0.25, 0.3) is 17.7 Å². The maximum atomic E-state index is 13.0. The number of benzene rings is 1. The van der Waals surface area contributed by atoms with Gasteiger partial charge in [-0.25, -0.2) is 0 Å². The molecule has 148 valence electrons. The highest BCUT2D eigenvalue weighted by atomic mass is 16.2. The van der Waals surface area contributed by atoms with E-state index in [0.29, 0.717) is 35.1 Å². The highest BCUT2D eigenvalue weighted by molar-refractivity contribution is 6.22. The average Bonchev–Trinajstić information content (AvgIpc) is 2.92. The van der Waals surface area contributed by atoms with E-state index in [1.165, 1.54) is 37.0 Å². The summed E-state index contributed by atoms with van der Waals surface area (Å²) in [5, 5.41) is 3.29. The molecule has 5 nitrogen and oxygen atoms in total. The number of amides is 3. The first kappa shape index (κ1) is 17.9. The van der Waals surface area contributed by atoms with Crippen LogP contribution in [0.1, 0.15) is 82.9 Å². The van der Waals surface area contributed by atoms with Crippen LogP contribution >= 0.6 is 0 Å². The molecule has 1 aromatic rings. The van der Waals surface area contributed by atoms with Gasteiger partial charge < -0.3 is 5.32 Å². The predicted molar refractivity (Wildman–Crippen MR) is 105 cm³/mol. The molecule has 1 aromatic carbocycles. The van der Waals surface area contributed by atoms with Crippen molar-refractivity contribution in [1.82, 2.24) is 10.2 Å². The first-order valence-corrected chi connectivity index (χ1v) is 10.9. The molecule has 1 N–H and O–H groups in total. The van der Waals surface area contributed by atoms with E-state index >= 15 is 0 Å². The Balaban J connectivity index is 1.33. The molecule has 0 aromatic heterocycles. The van der Waals surface area contributed by atoms with Crippen molar-refractivity contribution < 1.29 is 14.4 Å². The van der Waals surface area contributed by atoms with Crippen molar-refractivity contribution in [2.45, 2.75) is 57.9 Å². The maximum absolute atomic E-state index is 13.0. The van der Waals surface area contributed by atoms with Gasteiger partial charge in [-0.1, -0.05) is 13.3 Å². The molecule has 4 aliphatic carbocycles. The summed E-state index contributed by atoms with van der Waals surface area (Å²) in [6, 6.07) is 5.23. The van der Waals surface area contributed by atoms with E-state index in [1.807, 2.05) is 6.92 Å². The Hall–Kier alpha value is -2.17. The van der Waals surface area contributed by atoms with Gasteiger partial charge in [0, 0.05) is 18.2 Å². The summed E-state index contributed by atoms with van der Waals surface area (Å²) in [4.78, 5) is 39.4. The van der Waals surface area contributed by atoms with Crippen LogP contribution in [0.15, 0.2) is 18.2 Å². The molecule has 4 bridgehead atoms. The molecule has 3 amide bonds. The molecule has 0 unspecified atom stereocenters. The molecular formula is C23H28N2O3. The first-order valence-electron chi connectivity index (χ1n) is 10.9. The second-order valence-corrected chi connectivity index (χ2v) is 9.31. The monoisotopic (exact) mass is 380 g/mol. The Morgan fingerprint density at radius 2 is 1.64 bits per heavy atom. The van der Waals surface area contributed by atoms with E-state index in [9.17, 15) is 14.4 Å². The number of rotatable bonds is 5. The van der Waals surface area contributed by atoms with Crippen molar-refractivity contribution in [1.29, 1.82) is 0 Å². The highest BCUT2D eigenvalue weighted by Crippen LogP contribution is 2.53. The van der Waals surface area contributed by atoms with Gasteiger partial charge in [-0.15, -0.1) is 0 Å². The minimum absolute atomic E-state index is 0.104. The molecule has 28 heavy (non-hydrogen) atoms. The van der Waals surface area contributed by atoms with E-state index < -0.39 is 0 Å². The smallest absolute Gasteiger partial charge is 0.261 e. The summed E-state index contributed by atoms with van der Waals surface area (Å²) in [5.41, 5.74) is 1.29. The second-order valence-electron chi connectivity index (χ2n) is 9.31. The zero-order chi connectivity index (χ0) is 19.4. The van der Waals surface area contributed by atoms with Crippen LogP contribution in [0.2, 0.25) is 0 Å². The lowest BCUT2D eigenvalue weighted by atomic mass is 9.54. The van der Waals surface area contributed by atoms with Gasteiger partial charge in [0.15, 0.2) is 0 Å². The fourth-order valence-electron chi connectivity index (χ4n) is 6.35. The van der Waals surface area contributed by atoms with Gasteiger partial charge in [-0.2, -0.15) is 0 Å². The third kappa shape index (κ3) is 2.78. The van der Waals surface area contributed by atoms with Crippen LogP contribution < -0.4 is 5.32 Å². The number of nitrogens with zero attached hydrogens (tertiary/aromatic N) is 1. The lowest BCUT2D eigenvalue weighted by Gasteiger charge is -2.54. The standard InChI is InChI=1S/C23H28N2O3/c1-2-3-6-25-22(27)18-5-4-15(12-19(18)23(25)28)21(26)24-20-16-8-13-7-14(10-16)11-17(20)9-13/h4-5,12-14,16-17,20H,2-3,6-11H2,1H3,(H,24,26). The Bertz CT molecular complexity index is 818. The zero-order valence-electron chi connectivity index (χ0n) is 16.4. The zero-order valence-corrected chi connectivity index (χ0v) is 16.4. The Morgan fingerprint density at radius 3 is 2.29 bits per heavy atom. The maximum Gasteiger partial charge on any atom is 0.261 e. The van der Waals surface area contributed by atoms with Crippen molar-refractivity contribution in [2.75, 3.05) is 6.54 Å². The summed E-state index contributed by atoms with van der Waals surface area (Å²) in [5.74, 6) is 2.36. The largest absolute Gasteiger partial charge is 0.349 e. The minimum Gasteiger partial charge on any atom is -0.349 e. The Morgan fingerprint density at radius 1 is 1.00 bits per heavy atom. The quantitative estimate of drug-likeness (QED) is 0.793. The molecule has 6 rings (SSSR count). The van der Waals surface area contributed by atoms with Crippen molar-refractivity contribution in [3.05, 3.63) is 34.9 Å². The van der Waals surface area contributed by atoms with Crippen LogP contribution in [-0.2, 0) is 0 Å². The summed E-state index contributed by atoms with van der Waals surface area (Å²) in [7, 11) is 0. The molecular weight excluding hydrogens is 352 g/mol. The molecule has 5 heteroatoms. The minimum atomic E-state index is -0.266. The molecule has 0 atom stereocenters. The summed E-state index contributed by atoms with van der Waals surface area (Å²) >= 11 is 0. The molecule has 5 aliphatic rings. The lowest BCUT2D eigenvalue weighted by molar-refractivity contribution is -0.0119. The van der Waals surface area contributed by atoms with Gasteiger partial charge in [-0.3, -0.25) is 19.3 Å². The molecule has 0 saturated heterocycles. The van der Waals surface area contributed by atoms with Crippen molar-refractivity contribution in [3.63, 3.8) is 0 Å². The molecule has 4 saturated carbocycles. The number of carbonyl (C=O) groups excluding carboxylic acids is 3. The van der Waals surface area contributed by atoms with Crippen LogP contribution in [0.4, 0.5) is 0 Å². The van der Waals surface area contributed by atoms with Crippen LogP contribution in [-0.4, -0.2) is 35.2 Å². The topological polar surface area (TPSA) is 66.5 Å². The van der Waals surface area contributed by atoms with E-state index in [0.717, 1.165) is 24.7 Å². The van der Waals surface area contributed by atoms with Gasteiger partial charge in [0.1, 0.15) is 0 Å². The van der Waals surface area contributed by atoms with E-state index in [-0.39, 0.29) is 23.8 Å². The van der Waals surface area contributed by atoms with Gasteiger partial charge >= 0.3 is 0 Å². The fourth-order valence-corrected chi connectivity index (χ4v) is 6.35. The number of unbranched alkanes of at least 4 members (excludes halogenated alkanes) is 1. The Labute approximate surface area is 165 Å². The SMILES string of the molecule is CCCCN1C(=O)c2ccc(C(=O)NC3C4CC5CC(C4)CC3C5)cc2C1=O. The van der Waals surface area contributed by atoms with Crippen molar-refractivity contribution in [2.24, 2.45) is 23.7 Å². The number of carbonyl (C=O) groups is 3. The summed E-state index contributed by atoms with van der Waals surface area (Å²) in [6.07, 6.45) is 8.12. The second kappa shape index (κ2) is 6.71. The molecule has 1 aliphatic heterocycles. The van der Waals surface area contributed by atoms with E-state index in [1.54, 1.807) is 18.2 Å². The Kier molecular flexibility index (Phi) is 4.29. The summed E-state index contributed by atoms with van der Waals surface area (Å²) < 4.78 is 0. The predicted octanol–water partition coefficient (Wildman–Crippen LogP) is 3.64. The normalized spacial score (nSPS) is 32.8. The molecule has 0 radical (unpaired) electrons. The van der Waals surface area contributed by atoms with Crippen molar-refractivity contribution >= 4 is 17.7 Å². The number of hydrogen-bond acceptors (Lipinski definition) is 3. The number of fused-ring (bicyclic) bond motifs is 1. The molecule has 1 heterocycles. The summed E-state index contributed by atoms with van der Waals surface area (Å²) in [6.45, 7) is 2.48. The van der Waals surface area contributed by atoms with Gasteiger partial charge in [0.2, 0.25) is 0 Å². The van der Waals surface area contributed by atoms with E-state index in [4.69, 9.17) is 0 Å².